The van der Waals surface area contributed by atoms with Gasteiger partial charge in [0.15, 0.2) is 0 Å². The number of halogens is 1. The molecule has 2 aromatic heterocycles. The molecule has 0 aromatic carbocycles. The van der Waals surface area contributed by atoms with Gasteiger partial charge < -0.3 is 9.84 Å². The summed E-state index contributed by atoms with van der Waals surface area (Å²) in [5.41, 5.74) is 2.98. The molecule has 2 aromatic rings. The zero-order valence-corrected chi connectivity index (χ0v) is 10.7. The predicted octanol–water partition coefficient (Wildman–Crippen LogP) is 3.06. The number of aromatic nitrogens is 2. The Morgan fingerprint density at radius 3 is 2.88 bits per heavy atom. The van der Waals surface area contributed by atoms with E-state index in [1.54, 1.807) is 6.20 Å². The van der Waals surface area contributed by atoms with Crippen molar-refractivity contribution in [2.75, 3.05) is 5.32 Å². The van der Waals surface area contributed by atoms with Crippen LogP contribution < -0.4 is 5.32 Å². The van der Waals surface area contributed by atoms with Gasteiger partial charge in [0.2, 0.25) is 0 Å². The molecule has 1 N–H and O–H groups in total. The van der Waals surface area contributed by atoms with Crippen LogP contribution in [0.5, 0.6) is 0 Å². The second kappa shape index (κ2) is 4.65. The molecular formula is C11H12BrN3O. The number of hydrogen-bond acceptors (Lipinski definition) is 4. The van der Waals surface area contributed by atoms with Crippen LogP contribution in [0.4, 0.5) is 5.69 Å². The van der Waals surface area contributed by atoms with Crippen molar-refractivity contribution in [3.8, 4) is 0 Å². The molecule has 16 heavy (non-hydrogen) atoms. The zero-order chi connectivity index (χ0) is 11.5. The van der Waals surface area contributed by atoms with E-state index in [4.69, 9.17) is 4.52 Å². The Balaban J connectivity index is 2.11. The number of rotatable bonds is 3. The van der Waals surface area contributed by atoms with E-state index in [0.29, 0.717) is 6.54 Å². The summed E-state index contributed by atoms with van der Waals surface area (Å²) in [4.78, 5) is 4.14. The van der Waals surface area contributed by atoms with Crippen molar-refractivity contribution in [1.29, 1.82) is 0 Å². The standard InChI is InChI=1S/C11H12BrN3O/c1-7-9(8(2)16-15-7)6-14-10-4-3-5-13-11(10)12/h3-5,14H,6H2,1-2H3. The molecule has 0 saturated carbocycles. The number of nitrogens with zero attached hydrogens (tertiary/aromatic N) is 2. The number of pyridine rings is 1. The van der Waals surface area contributed by atoms with Crippen LogP contribution in [0.1, 0.15) is 17.0 Å². The summed E-state index contributed by atoms with van der Waals surface area (Å²) in [6, 6.07) is 3.86. The van der Waals surface area contributed by atoms with Gasteiger partial charge in [-0.05, 0) is 41.9 Å². The molecule has 84 valence electrons. The number of aryl methyl sites for hydroxylation is 2. The first kappa shape index (κ1) is 11.1. The maximum Gasteiger partial charge on any atom is 0.138 e. The molecule has 4 nitrogen and oxygen atoms in total. The van der Waals surface area contributed by atoms with Gasteiger partial charge in [-0.3, -0.25) is 0 Å². The van der Waals surface area contributed by atoms with Crippen molar-refractivity contribution in [1.82, 2.24) is 10.1 Å². The third-order valence-corrected chi connectivity index (χ3v) is 3.03. The molecule has 0 fully saturated rings. The Kier molecular flexibility index (Phi) is 3.24. The lowest BCUT2D eigenvalue weighted by Crippen LogP contribution is -2.02. The summed E-state index contributed by atoms with van der Waals surface area (Å²) < 4.78 is 5.90. The van der Waals surface area contributed by atoms with Crippen molar-refractivity contribution >= 4 is 21.6 Å². The average molecular weight is 282 g/mol. The molecule has 0 amide bonds. The molecular weight excluding hydrogens is 270 g/mol. The Labute approximate surface area is 102 Å². The summed E-state index contributed by atoms with van der Waals surface area (Å²) in [6.45, 7) is 4.53. The van der Waals surface area contributed by atoms with Crippen molar-refractivity contribution in [3.05, 3.63) is 40.0 Å². The third kappa shape index (κ3) is 2.24. The molecule has 0 aliphatic carbocycles. The van der Waals surface area contributed by atoms with Gasteiger partial charge in [0.1, 0.15) is 10.4 Å². The maximum atomic E-state index is 5.10. The lowest BCUT2D eigenvalue weighted by Gasteiger charge is -2.06. The topological polar surface area (TPSA) is 51.0 Å². The monoisotopic (exact) mass is 281 g/mol. The fourth-order valence-corrected chi connectivity index (χ4v) is 1.85. The van der Waals surface area contributed by atoms with Crippen LogP contribution in [0, 0.1) is 13.8 Å². The second-order valence-corrected chi connectivity index (χ2v) is 4.25. The summed E-state index contributed by atoms with van der Waals surface area (Å²) in [7, 11) is 0. The maximum absolute atomic E-state index is 5.10. The summed E-state index contributed by atoms with van der Waals surface area (Å²) in [5, 5.41) is 7.20. The molecule has 2 heterocycles. The van der Waals surface area contributed by atoms with Crippen LogP contribution in [0.15, 0.2) is 27.5 Å². The van der Waals surface area contributed by atoms with Crippen LogP contribution in [0.2, 0.25) is 0 Å². The van der Waals surface area contributed by atoms with E-state index in [1.165, 1.54) is 0 Å². The van der Waals surface area contributed by atoms with Gasteiger partial charge in [-0.15, -0.1) is 0 Å². The summed E-state index contributed by atoms with van der Waals surface area (Å²) in [5.74, 6) is 0.852. The van der Waals surface area contributed by atoms with Gasteiger partial charge in [0.05, 0.1) is 11.4 Å². The normalized spacial score (nSPS) is 10.4. The van der Waals surface area contributed by atoms with Crippen LogP contribution in [0.25, 0.3) is 0 Å². The molecule has 5 heteroatoms. The van der Waals surface area contributed by atoms with Crippen LogP contribution in [0.3, 0.4) is 0 Å². The molecule has 0 saturated heterocycles. The smallest absolute Gasteiger partial charge is 0.138 e. The minimum absolute atomic E-state index is 0.686. The Bertz CT molecular complexity index is 476. The highest BCUT2D eigenvalue weighted by Crippen LogP contribution is 2.20. The van der Waals surface area contributed by atoms with E-state index in [0.717, 1.165) is 27.3 Å². The van der Waals surface area contributed by atoms with E-state index >= 15 is 0 Å². The predicted molar refractivity (Wildman–Crippen MR) is 65.2 cm³/mol. The van der Waals surface area contributed by atoms with Gasteiger partial charge in [-0.1, -0.05) is 5.16 Å². The summed E-state index contributed by atoms with van der Waals surface area (Å²) >= 11 is 3.38. The molecule has 0 aliphatic rings. The molecule has 0 aliphatic heterocycles. The third-order valence-electron chi connectivity index (χ3n) is 2.40. The largest absolute Gasteiger partial charge is 0.379 e. The highest BCUT2D eigenvalue weighted by molar-refractivity contribution is 9.10. The lowest BCUT2D eigenvalue weighted by atomic mass is 10.2. The molecule has 0 spiro atoms. The lowest BCUT2D eigenvalue weighted by molar-refractivity contribution is 0.392. The van der Waals surface area contributed by atoms with E-state index in [9.17, 15) is 0 Å². The minimum atomic E-state index is 0.686. The van der Waals surface area contributed by atoms with Gasteiger partial charge in [0, 0.05) is 18.3 Å². The van der Waals surface area contributed by atoms with E-state index in [2.05, 4.69) is 31.4 Å². The van der Waals surface area contributed by atoms with Crippen LogP contribution in [-0.4, -0.2) is 10.1 Å². The Morgan fingerprint density at radius 2 is 2.25 bits per heavy atom. The number of anilines is 1. The SMILES string of the molecule is Cc1noc(C)c1CNc1cccnc1Br. The molecule has 0 unspecified atom stereocenters. The number of hydrogen-bond donors (Lipinski definition) is 1. The van der Waals surface area contributed by atoms with Crippen molar-refractivity contribution < 1.29 is 4.52 Å². The zero-order valence-electron chi connectivity index (χ0n) is 9.12. The van der Waals surface area contributed by atoms with Gasteiger partial charge in [0.25, 0.3) is 0 Å². The Morgan fingerprint density at radius 1 is 1.44 bits per heavy atom. The number of nitrogens with one attached hydrogen (secondary N) is 1. The quantitative estimate of drug-likeness (QED) is 0.879. The Hall–Kier alpha value is -1.36. The van der Waals surface area contributed by atoms with Crippen molar-refractivity contribution in [2.24, 2.45) is 0 Å². The summed E-state index contributed by atoms with van der Waals surface area (Å²) in [6.07, 6.45) is 1.74. The van der Waals surface area contributed by atoms with E-state index in [1.807, 2.05) is 26.0 Å². The molecule has 2 rings (SSSR count). The van der Waals surface area contributed by atoms with E-state index in [-0.39, 0.29) is 0 Å². The van der Waals surface area contributed by atoms with Crippen LogP contribution in [-0.2, 0) is 6.54 Å². The van der Waals surface area contributed by atoms with Gasteiger partial charge in [-0.2, -0.15) is 0 Å². The molecule has 0 atom stereocenters. The average Bonchev–Trinajstić information content (AvgIpc) is 2.58. The molecule has 0 bridgehead atoms. The van der Waals surface area contributed by atoms with Gasteiger partial charge in [-0.25, -0.2) is 4.98 Å². The van der Waals surface area contributed by atoms with Gasteiger partial charge >= 0.3 is 0 Å². The van der Waals surface area contributed by atoms with Crippen molar-refractivity contribution in [3.63, 3.8) is 0 Å². The highest BCUT2D eigenvalue weighted by atomic mass is 79.9. The van der Waals surface area contributed by atoms with Crippen LogP contribution >= 0.6 is 15.9 Å². The highest BCUT2D eigenvalue weighted by Gasteiger charge is 2.08. The first-order chi connectivity index (χ1) is 7.68. The first-order valence-electron chi connectivity index (χ1n) is 4.94. The fraction of sp³-hybridized carbons (Fsp3) is 0.273. The minimum Gasteiger partial charge on any atom is -0.379 e. The second-order valence-electron chi connectivity index (χ2n) is 3.50. The fourth-order valence-electron chi connectivity index (χ4n) is 1.46. The molecule has 0 radical (unpaired) electrons. The van der Waals surface area contributed by atoms with Crippen molar-refractivity contribution in [2.45, 2.75) is 20.4 Å². The first-order valence-corrected chi connectivity index (χ1v) is 5.74. The van der Waals surface area contributed by atoms with E-state index < -0.39 is 0 Å².